The molecule has 0 amide bonds. The maximum Gasteiger partial charge on any atom is 0.191 e. The number of hydrogen-bond acceptors (Lipinski definition) is 3. The zero-order valence-electron chi connectivity index (χ0n) is 10.4. The molecule has 1 aliphatic heterocycles. The first kappa shape index (κ1) is 13.5. The van der Waals surface area contributed by atoms with Gasteiger partial charge in [0, 0.05) is 17.2 Å². The van der Waals surface area contributed by atoms with Gasteiger partial charge in [-0.2, -0.15) is 0 Å². The van der Waals surface area contributed by atoms with Crippen molar-refractivity contribution < 1.29 is 14.3 Å². The zero-order valence-corrected chi connectivity index (χ0v) is 11.2. The minimum absolute atomic E-state index is 0.0409. The van der Waals surface area contributed by atoms with Crippen molar-refractivity contribution in [2.24, 2.45) is 0 Å². The van der Waals surface area contributed by atoms with E-state index in [-0.39, 0.29) is 12.1 Å². The van der Waals surface area contributed by atoms with Crippen molar-refractivity contribution in [2.45, 2.75) is 38.6 Å². The van der Waals surface area contributed by atoms with Gasteiger partial charge in [0.1, 0.15) is 6.10 Å². The van der Waals surface area contributed by atoms with Crippen molar-refractivity contribution >= 4 is 17.4 Å². The number of benzene rings is 1. The van der Waals surface area contributed by atoms with Gasteiger partial charge in [0.25, 0.3) is 0 Å². The first-order valence-corrected chi connectivity index (χ1v) is 6.61. The van der Waals surface area contributed by atoms with Crippen molar-refractivity contribution in [1.29, 1.82) is 0 Å². The van der Waals surface area contributed by atoms with E-state index in [1.165, 1.54) is 0 Å². The second-order valence-corrected chi connectivity index (χ2v) is 4.88. The van der Waals surface area contributed by atoms with Crippen LogP contribution >= 0.6 is 11.6 Å². The molecule has 1 aliphatic rings. The average molecular weight is 269 g/mol. The molecule has 3 nitrogen and oxygen atoms in total. The molecule has 1 aromatic rings. The van der Waals surface area contributed by atoms with Gasteiger partial charge in [0.15, 0.2) is 12.1 Å². The minimum Gasteiger partial charge on any atom is -0.353 e. The topological polar surface area (TPSA) is 35.5 Å². The van der Waals surface area contributed by atoms with Gasteiger partial charge in [-0.25, -0.2) is 0 Å². The lowest BCUT2D eigenvalue weighted by atomic mass is 10.1. The number of carbonyl (C=O) groups is 1. The maximum atomic E-state index is 12.1. The molecule has 1 aromatic carbocycles. The highest BCUT2D eigenvalue weighted by Gasteiger charge is 2.22. The minimum atomic E-state index is -0.491. The van der Waals surface area contributed by atoms with Crippen molar-refractivity contribution in [3.63, 3.8) is 0 Å². The molecule has 18 heavy (non-hydrogen) atoms. The Labute approximate surface area is 112 Å². The molecule has 98 valence electrons. The summed E-state index contributed by atoms with van der Waals surface area (Å²) in [5.41, 5.74) is 0.614. The predicted molar refractivity (Wildman–Crippen MR) is 69.9 cm³/mol. The lowest BCUT2D eigenvalue weighted by molar-refractivity contribution is -0.174. The molecule has 1 saturated heterocycles. The Kier molecular flexibility index (Phi) is 4.75. The molecule has 0 saturated carbocycles. The highest BCUT2D eigenvalue weighted by molar-refractivity contribution is 6.30. The van der Waals surface area contributed by atoms with Crippen LogP contribution in [0.25, 0.3) is 0 Å². The SMILES string of the molecule is C[C@@H](OC1CCCCO1)C(=O)c1ccc(Cl)cc1. The fraction of sp³-hybridized carbons (Fsp3) is 0.500. The standard InChI is InChI=1S/C14H17ClO3/c1-10(18-13-4-2-3-9-17-13)14(16)11-5-7-12(15)8-6-11/h5-8,10,13H,2-4,9H2,1H3/t10-,13?/m1/s1. The first-order valence-electron chi connectivity index (χ1n) is 6.23. The molecule has 2 rings (SSSR count). The number of Topliss-reactive ketones (excluding diaryl/α,β-unsaturated/α-hetero) is 1. The fourth-order valence-electron chi connectivity index (χ4n) is 1.96. The number of ketones is 1. The zero-order chi connectivity index (χ0) is 13.0. The molecular weight excluding hydrogens is 252 g/mol. The van der Waals surface area contributed by atoms with Gasteiger partial charge in [-0.1, -0.05) is 11.6 Å². The van der Waals surface area contributed by atoms with E-state index in [9.17, 15) is 4.79 Å². The van der Waals surface area contributed by atoms with Crippen LogP contribution in [0.1, 0.15) is 36.5 Å². The number of ether oxygens (including phenoxy) is 2. The third-order valence-corrected chi connectivity index (χ3v) is 3.24. The Morgan fingerprint density at radius 2 is 2.11 bits per heavy atom. The summed E-state index contributed by atoms with van der Waals surface area (Å²) < 4.78 is 11.1. The van der Waals surface area contributed by atoms with E-state index in [4.69, 9.17) is 21.1 Å². The Balaban J connectivity index is 1.93. The van der Waals surface area contributed by atoms with Gasteiger partial charge < -0.3 is 9.47 Å². The van der Waals surface area contributed by atoms with Crippen LogP contribution in [0, 0.1) is 0 Å². The van der Waals surface area contributed by atoms with E-state index >= 15 is 0 Å². The summed E-state index contributed by atoms with van der Waals surface area (Å²) in [4.78, 5) is 12.1. The normalized spacial score (nSPS) is 21.6. The van der Waals surface area contributed by atoms with Crippen molar-refractivity contribution in [1.82, 2.24) is 0 Å². The Morgan fingerprint density at radius 1 is 1.39 bits per heavy atom. The largest absolute Gasteiger partial charge is 0.353 e. The summed E-state index contributed by atoms with van der Waals surface area (Å²) in [6.45, 7) is 2.47. The predicted octanol–water partition coefficient (Wildman–Crippen LogP) is 3.45. The number of carbonyl (C=O) groups excluding carboxylic acids is 1. The molecule has 4 heteroatoms. The lowest BCUT2D eigenvalue weighted by Crippen LogP contribution is -2.31. The summed E-state index contributed by atoms with van der Waals surface area (Å²) in [5.74, 6) is -0.0409. The molecule has 0 N–H and O–H groups in total. The molecule has 1 unspecified atom stereocenters. The summed E-state index contributed by atoms with van der Waals surface area (Å²) in [7, 11) is 0. The third-order valence-electron chi connectivity index (χ3n) is 2.99. The van der Waals surface area contributed by atoms with Gasteiger partial charge in [-0.3, -0.25) is 4.79 Å². The van der Waals surface area contributed by atoms with Gasteiger partial charge in [-0.15, -0.1) is 0 Å². The van der Waals surface area contributed by atoms with Crippen LogP contribution in [-0.2, 0) is 9.47 Å². The molecule has 0 bridgehead atoms. The highest BCUT2D eigenvalue weighted by Crippen LogP contribution is 2.18. The van der Waals surface area contributed by atoms with Gasteiger partial charge >= 0.3 is 0 Å². The number of rotatable bonds is 4. The molecular formula is C14H17ClO3. The second kappa shape index (κ2) is 6.32. The van der Waals surface area contributed by atoms with E-state index in [0.717, 1.165) is 19.3 Å². The van der Waals surface area contributed by atoms with Crippen LogP contribution in [0.3, 0.4) is 0 Å². The van der Waals surface area contributed by atoms with Gasteiger partial charge in [0.05, 0.1) is 0 Å². The van der Waals surface area contributed by atoms with E-state index in [2.05, 4.69) is 0 Å². The summed E-state index contributed by atoms with van der Waals surface area (Å²) in [6.07, 6.45) is 2.28. The lowest BCUT2D eigenvalue weighted by Gasteiger charge is -2.25. The Bertz CT molecular complexity index is 396. The number of hydrogen-bond donors (Lipinski definition) is 0. The smallest absolute Gasteiger partial charge is 0.191 e. The molecule has 0 aromatic heterocycles. The van der Waals surface area contributed by atoms with Crippen molar-refractivity contribution in [3.8, 4) is 0 Å². The van der Waals surface area contributed by atoms with Crippen LogP contribution in [-0.4, -0.2) is 24.8 Å². The van der Waals surface area contributed by atoms with Gasteiger partial charge in [0.2, 0.25) is 0 Å². The highest BCUT2D eigenvalue weighted by atomic mass is 35.5. The summed E-state index contributed by atoms with van der Waals surface area (Å²) in [5, 5.41) is 0.621. The molecule has 0 aliphatic carbocycles. The third kappa shape index (κ3) is 3.55. The van der Waals surface area contributed by atoms with Crippen LogP contribution in [0.5, 0.6) is 0 Å². The molecule has 0 spiro atoms. The monoisotopic (exact) mass is 268 g/mol. The molecule has 1 fully saturated rings. The van der Waals surface area contributed by atoms with Crippen LogP contribution in [0.15, 0.2) is 24.3 Å². The summed E-state index contributed by atoms with van der Waals surface area (Å²) >= 11 is 5.79. The summed E-state index contributed by atoms with van der Waals surface area (Å²) in [6, 6.07) is 6.84. The molecule has 2 atom stereocenters. The van der Waals surface area contributed by atoms with E-state index in [0.29, 0.717) is 17.2 Å². The first-order chi connectivity index (χ1) is 8.66. The average Bonchev–Trinajstić information content (AvgIpc) is 2.40. The van der Waals surface area contributed by atoms with Crippen LogP contribution in [0.2, 0.25) is 5.02 Å². The van der Waals surface area contributed by atoms with Gasteiger partial charge in [-0.05, 0) is 50.5 Å². The Hall–Kier alpha value is -0.900. The van der Waals surface area contributed by atoms with E-state index < -0.39 is 6.10 Å². The van der Waals surface area contributed by atoms with Crippen molar-refractivity contribution in [3.05, 3.63) is 34.9 Å². The van der Waals surface area contributed by atoms with Crippen LogP contribution < -0.4 is 0 Å². The van der Waals surface area contributed by atoms with E-state index in [1.807, 2.05) is 0 Å². The quantitative estimate of drug-likeness (QED) is 0.785. The molecule has 1 heterocycles. The maximum absolute atomic E-state index is 12.1. The number of halogens is 1. The van der Waals surface area contributed by atoms with Crippen LogP contribution in [0.4, 0.5) is 0 Å². The second-order valence-electron chi connectivity index (χ2n) is 4.45. The van der Waals surface area contributed by atoms with E-state index in [1.54, 1.807) is 31.2 Å². The van der Waals surface area contributed by atoms with Crippen molar-refractivity contribution in [2.75, 3.05) is 6.61 Å². The molecule has 0 radical (unpaired) electrons. The fourth-order valence-corrected chi connectivity index (χ4v) is 2.08. The Morgan fingerprint density at radius 3 is 2.72 bits per heavy atom.